The number of aromatic nitrogens is 1. The first-order valence-electron chi connectivity index (χ1n) is 5.90. The molecule has 0 aliphatic carbocycles. The summed E-state index contributed by atoms with van der Waals surface area (Å²) in [5, 5.41) is 12.8. The molecule has 0 bridgehead atoms. The first kappa shape index (κ1) is 12.3. The summed E-state index contributed by atoms with van der Waals surface area (Å²) in [5.74, 6) is 0. The van der Waals surface area contributed by atoms with Crippen LogP contribution in [0, 0.1) is 6.92 Å². The smallest absolute Gasteiger partial charge is 0.121 e. The lowest BCUT2D eigenvalue weighted by molar-refractivity contribution is 0.164. The van der Waals surface area contributed by atoms with Crippen molar-refractivity contribution in [2.24, 2.45) is 0 Å². The minimum absolute atomic E-state index is 0.405. The number of aliphatic hydroxyl groups excluding tert-OH is 1. The molecular weight excluding hydrogens is 230 g/mol. The Kier molecular flexibility index (Phi) is 4.29. The van der Waals surface area contributed by atoms with Crippen LogP contribution >= 0.6 is 11.3 Å². The molecule has 0 aliphatic rings. The van der Waals surface area contributed by atoms with Crippen LogP contribution in [-0.4, -0.2) is 10.1 Å². The van der Waals surface area contributed by atoms with Gasteiger partial charge in [-0.2, -0.15) is 0 Å². The van der Waals surface area contributed by atoms with Crippen molar-refractivity contribution in [3.8, 4) is 0 Å². The van der Waals surface area contributed by atoms with Gasteiger partial charge in [0.2, 0.25) is 0 Å². The molecule has 0 aliphatic heterocycles. The van der Waals surface area contributed by atoms with Crippen LogP contribution in [-0.2, 0) is 6.42 Å². The number of rotatable bonds is 5. The van der Waals surface area contributed by atoms with Crippen molar-refractivity contribution in [1.82, 2.24) is 4.98 Å². The minimum Gasteiger partial charge on any atom is -0.386 e. The van der Waals surface area contributed by atoms with Gasteiger partial charge in [-0.05, 0) is 31.7 Å². The van der Waals surface area contributed by atoms with Crippen molar-refractivity contribution >= 4 is 11.3 Å². The average molecular weight is 247 g/mol. The normalized spacial score (nSPS) is 12.6. The lowest BCUT2D eigenvalue weighted by Crippen LogP contribution is -1.98. The van der Waals surface area contributed by atoms with Gasteiger partial charge >= 0.3 is 0 Å². The molecule has 1 unspecified atom stereocenters. The summed E-state index contributed by atoms with van der Waals surface area (Å²) in [6, 6.07) is 10.4. The van der Waals surface area contributed by atoms with Gasteiger partial charge in [0.05, 0.1) is 0 Å². The van der Waals surface area contributed by atoms with Crippen LogP contribution in [0.1, 0.15) is 35.2 Å². The van der Waals surface area contributed by atoms with Crippen molar-refractivity contribution < 1.29 is 5.11 Å². The van der Waals surface area contributed by atoms with E-state index in [1.807, 2.05) is 18.4 Å². The number of nitrogens with zero attached hydrogens (tertiary/aromatic N) is 1. The molecule has 2 aromatic rings. The maximum atomic E-state index is 9.96. The molecule has 0 saturated heterocycles. The van der Waals surface area contributed by atoms with Crippen molar-refractivity contribution in [3.63, 3.8) is 0 Å². The Bertz CT molecular complexity index is 452. The highest BCUT2D eigenvalue weighted by Crippen LogP contribution is 2.22. The fraction of sp³-hybridized carbons (Fsp3) is 0.357. The van der Waals surface area contributed by atoms with Gasteiger partial charge in [0.25, 0.3) is 0 Å². The van der Waals surface area contributed by atoms with Crippen molar-refractivity contribution in [2.45, 2.75) is 32.3 Å². The zero-order valence-corrected chi connectivity index (χ0v) is 10.8. The Morgan fingerprint density at radius 3 is 2.71 bits per heavy atom. The predicted octanol–water partition coefficient (Wildman–Crippen LogP) is 3.51. The van der Waals surface area contributed by atoms with E-state index >= 15 is 0 Å². The number of hydrogen-bond acceptors (Lipinski definition) is 3. The van der Waals surface area contributed by atoms with E-state index in [-0.39, 0.29) is 0 Å². The third kappa shape index (κ3) is 3.65. The summed E-state index contributed by atoms with van der Waals surface area (Å²) >= 11 is 1.54. The maximum Gasteiger partial charge on any atom is 0.121 e. The number of benzene rings is 1. The van der Waals surface area contributed by atoms with E-state index in [1.165, 1.54) is 5.56 Å². The molecule has 0 radical (unpaired) electrons. The molecule has 0 spiro atoms. The average Bonchev–Trinajstić information content (AvgIpc) is 2.77. The summed E-state index contributed by atoms with van der Waals surface area (Å²) in [7, 11) is 0. The summed E-state index contributed by atoms with van der Waals surface area (Å²) in [6.07, 6.45) is 2.38. The Balaban J connectivity index is 1.79. The molecule has 1 heterocycles. The minimum atomic E-state index is -0.405. The van der Waals surface area contributed by atoms with Crippen LogP contribution in [0.2, 0.25) is 0 Å². The van der Waals surface area contributed by atoms with Gasteiger partial charge in [-0.1, -0.05) is 30.3 Å². The quantitative estimate of drug-likeness (QED) is 0.877. The van der Waals surface area contributed by atoms with Gasteiger partial charge < -0.3 is 5.11 Å². The van der Waals surface area contributed by atoms with Gasteiger partial charge in [0.15, 0.2) is 0 Å². The molecule has 1 atom stereocenters. The lowest BCUT2D eigenvalue weighted by Gasteiger charge is -2.07. The maximum absolute atomic E-state index is 9.96. The van der Waals surface area contributed by atoms with Gasteiger partial charge in [-0.3, -0.25) is 0 Å². The Labute approximate surface area is 106 Å². The van der Waals surface area contributed by atoms with E-state index in [1.54, 1.807) is 11.3 Å². The third-order valence-corrected chi connectivity index (χ3v) is 3.77. The zero-order chi connectivity index (χ0) is 12.1. The Hall–Kier alpha value is -1.19. The second kappa shape index (κ2) is 5.94. The topological polar surface area (TPSA) is 33.1 Å². The second-order valence-corrected chi connectivity index (χ2v) is 5.11. The summed E-state index contributed by atoms with van der Waals surface area (Å²) in [4.78, 5) is 4.30. The van der Waals surface area contributed by atoms with Crippen LogP contribution in [0.3, 0.4) is 0 Å². The molecule has 90 valence electrons. The zero-order valence-electron chi connectivity index (χ0n) is 9.97. The second-order valence-electron chi connectivity index (χ2n) is 4.22. The highest BCUT2D eigenvalue weighted by atomic mass is 32.1. The first-order valence-corrected chi connectivity index (χ1v) is 6.77. The van der Waals surface area contributed by atoms with Crippen molar-refractivity contribution in [1.29, 1.82) is 0 Å². The fourth-order valence-electron chi connectivity index (χ4n) is 1.79. The highest BCUT2D eigenvalue weighted by Gasteiger charge is 2.10. The molecule has 3 heteroatoms. The van der Waals surface area contributed by atoms with Crippen LogP contribution in [0.25, 0.3) is 0 Å². The van der Waals surface area contributed by atoms with Gasteiger partial charge in [-0.15, -0.1) is 11.3 Å². The molecule has 0 amide bonds. The number of hydrogen-bond donors (Lipinski definition) is 1. The molecule has 1 N–H and O–H groups in total. The molecule has 2 rings (SSSR count). The molecule has 1 aromatic carbocycles. The van der Waals surface area contributed by atoms with E-state index < -0.39 is 6.10 Å². The SMILES string of the molecule is Cc1csc(C(O)CCCc2ccccc2)n1. The van der Waals surface area contributed by atoms with Crippen LogP contribution < -0.4 is 0 Å². The molecular formula is C14H17NOS. The van der Waals surface area contributed by atoms with Crippen LogP contribution in [0.4, 0.5) is 0 Å². The van der Waals surface area contributed by atoms with E-state index in [0.29, 0.717) is 0 Å². The van der Waals surface area contributed by atoms with Gasteiger partial charge in [-0.25, -0.2) is 4.98 Å². The monoisotopic (exact) mass is 247 g/mol. The Morgan fingerprint density at radius 1 is 1.29 bits per heavy atom. The van der Waals surface area contributed by atoms with Crippen LogP contribution in [0.15, 0.2) is 35.7 Å². The summed E-state index contributed by atoms with van der Waals surface area (Å²) in [5.41, 5.74) is 2.32. The molecule has 2 nitrogen and oxygen atoms in total. The van der Waals surface area contributed by atoms with E-state index in [0.717, 1.165) is 30.0 Å². The van der Waals surface area contributed by atoms with Crippen molar-refractivity contribution in [2.75, 3.05) is 0 Å². The van der Waals surface area contributed by atoms with Gasteiger partial charge in [0, 0.05) is 11.1 Å². The van der Waals surface area contributed by atoms with Gasteiger partial charge in [0.1, 0.15) is 11.1 Å². The van der Waals surface area contributed by atoms with E-state index in [2.05, 4.69) is 29.2 Å². The number of aryl methyl sites for hydroxylation is 2. The molecule has 0 fully saturated rings. The third-order valence-electron chi connectivity index (χ3n) is 2.71. The fourth-order valence-corrected chi connectivity index (χ4v) is 2.61. The molecule has 1 aromatic heterocycles. The van der Waals surface area contributed by atoms with E-state index in [4.69, 9.17) is 0 Å². The first-order chi connectivity index (χ1) is 8.25. The van der Waals surface area contributed by atoms with Crippen molar-refractivity contribution in [3.05, 3.63) is 52.0 Å². The predicted molar refractivity (Wildman–Crippen MR) is 71.2 cm³/mol. The largest absolute Gasteiger partial charge is 0.386 e. The Morgan fingerprint density at radius 2 is 2.06 bits per heavy atom. The highest BCUT2D eigenvalue weighted by molar-refractivity contribution is 7.09. The molecule has 0 saturated carbocycles. The number of aliphatic hydroxyl groups is 1. The summed E-state index contributed by atoms with van der Waals surface area (Å²) < 4.78 is 0. The van der Waals surface area contributed by atoms with E-state index in [9.17, 15) is 5.11 Å². The summed E-state index contributed by atoms with van der Waals surface area (Å²) in [6.45, 7) is 1.96. The molecule has 17 heavy (non-hydrogen) atoms. The van der Waals surface area contributed by atoms with Crippen LogP contribution in [0.5, 0.6) is 0 Å². The number of thiazole rings is 1. The standard InChI is InChI=1S/C14H17NOS/c1-11-10-17-14(15-11)13(16)9-5-8-12-6-3-2-4-7-12/h2-4,6-7,10,13,16H,5,8-9H2,1H3. The lowest BCUT2D eigenvalue weighted by atomic mass is 10.1.